The van der Waals surface area contributed by atoms with Crippen molar-refractivity contribution in [2.75, 3.05) is 17.7 Å². The van der Waals surface area contributed by atoms with Gasteiger partial charge in [-0.15, -0.1) is 0 Å². The lowest BCUT2D eigenvalue weighted by Gasteiger charge is -2.15. The molecule has 20 heavy (non-hydrogen) atoms. The van der Waals surface area contributed by atoms with Gasteiger partial charge in [-0.2, -0.15) is 0 Å². The van der Waals surface area contributed by atoms with Crippen molar-refractivity contribution in [1.82, 2.24) is 0 Å². The minimum absolute atomic E-state index is 0.0429. The predicted octanol–water partition coefficient (Wildman–Crippen LogP) is 3.42. The summed E-state index contributed by atoms with van der Waals surface area (Å²) >= 11 is 0. The zero-order chi connectivity index (χ0) is 14.5. The lowest BCUT2D eigenvalue weighted by atomic mass is 10.2. The third kappa shape index (κ3) is 3.32. The molecule has 0 radical (unpaired) electrons. The molecule has 1 unspecified atom stereocenters. The molecule has 0 bridgehead atoms. The van der Waals surface area contributed by atoms with E-state index in [-0.39, 0.29) is 11.9 Å². The average Bonchev–Trinajstić information content (AvgIpc) is 2.94. The zero-order valence-electron chi connectivity index (χ0n) is 11.8. The first-order chi connectivity index (χ1) is 9.60. The van der Waals surface area contributed by atoms with Crippen molar-refractivity contribution in [3.05, 3.63) is 42.4 Å². The number of hydrogen-bond donors (Lipinski definition) is 2. The van der Waals surface area contributed by atoms with Gasteiger partial charge < -0.3 is 19.8 Å². The Morgan fingerprint density at radius 1 is 1.35 bits per heavy atom. The van der Waals surface area contributed by atoms with Crippen LogP contribution < -0.4 is 15.4 Å². The third-order valence-corrected chi connectivity index (χ3v) is 2.87. The second-order valence-corrected chi connectivity index (χ2v) is 4.48. The van der Waals surface area contributed by atoms with Gasteiger partial charge in [-0.3, -0.25) is 4.79 Å². The first-order valence-electron chi connectivity index (χ1n) is 6.35. The second-order valence-electron chi connectivity index (χ2n) is 4.48. The van der Waals surface area contributed by atoms with Crippen LogP contribution in [0.15, 0.2) is 41.0 Å². The van der Waals surface area contributed by atoms with Gasteiger partial charge in [0.05, 0.1) is 25.1 Å². The van der Waals surface area contributed by atoms with Crippen LogP contribution in [0.25, 0.3) is 0 Å². The summed E-state index contributed by atoms with van der Waals surface area (Å²) in [4.78, 5) is 11.1. The van der Waals surface area contributed by atoms with E-state index in [1.54, 1.807) is 19.4 Å². The zero-order valence-corrected chi connectivity index (χ0v) is 11.8. The van der Waals surface area contributed by atoms with Crippen molar-refractivity contribution in [1.29, 1.82) is 0 Å². The molecular weight excluding hydrogens is 256 g/mol. The number of rotatable bonds is 5. The normalized spacial score (nSPS) is 11.8. The maximum Gasteiger partial charge on any atom is 0.221 e. The van der Waals surface area contributed by atoms with Crippen LogP contribution in [0.3, 0.4) is 0 Å². The molecule has 0 spiro atoms. The molecule has 2 N–H and O–H groups in total. The van der Waals surface area contributed by atoms with Crippen LogP contribution in [0.2, 0.25) is 0 Å². The maximum absolute atomic E-state index is 11.1. The summed E-state index contributed by atoms with van der Waals surface area (Å²) in [6, 6.07) is 9.34. The van der Waals surface area contributed by atoms with Gasteiger partial charge in [0.25, 0.3) is 0 Å². The largest absolute Gasteiger partial charge is 0.494 e. The second kappa shape index (κ2) is 6.14. The number of ether oxygens (including phenoxy) is 1. The standard InChI is InChI=1S/C15H18N2O3/c1-10(14-5-4-8-20-14)16-12-6-7-13(17-11(2)18)15(9-12)19-3/h4-10,16H,1-3H3,(H,17,18). The lowest BCUT2D eigenvalue weighted by molar-refractivity contribution is -0.114. The lowest BCUT2D eigenvalue weighted by Crippen LogP contribution is -2.09. The van der Waals surface area contributed by atoms with Gasteiger partial charge in [0, 0.05) is 18.7 Å². The summed E-state index contributed by atoms with van der Waals surface area (Å²) in [5.74, 6) is 1.33. The molecule has 1 amide bonds. The highest BCUT2D eigenvalue weighted by atomic mass is 16.5. The van der Waals surface area contributed by atoms with Crippen LogP contribution in [0.1, 0.15) is 25.6 Å². The quantitative estimate of drug-likeness (QED) is 0.877. The van der Waals surface area contributed by atoms with Gasteiger partial charge in [0.15, 0.2) is 0 Å². The van der Waals surface area contributed by atoms with Crippen molar-refractivity contribution in [2.24, 2.45) is 0 Å². The molecule has 0 fully saturated rings. The fraction of sp³-hybridized carbons (Fsp3) is 0.267. The molecule has 1 aromatic carbocycles. The molecule has 0 saturated heterocycles. The van der Waals surface area contributed by atoms with E-state index in [9.17, 15) is 4.79 Å². The van der Waals surface area contributed by atoms with Crippen LogP contribution in [-0.2, 0) is 4.79 Å². The minimum atomic E-state index is -0.132. The molecule has 0 saturated carbocycles. The van der Waals surface area contributed by atoms with Gasteiger partial charge in [0.2, 0.25) is 5.91 Å². The molecule has 2 rings (SSSR count). The highest BCUT2D eigenvalue weighted by Gasteiger charge is 2.10. The molecule has 1 atom stereocenters. The van der Waals surface area contributed by atoms with Crippen molar-refractivity contribution < 1.29 is 13.9 Å². The first kappa shape index (κ1) is 14.0. The fourth-order valence-corrected chi connectivity index (χ4v) is 1.93. The van der Waals surface area contributed by atoms with Crippen LogP contribution in [0.5, 0.6) is 5.75 Å². The molecule has 5 nitrogen and oxygen atoms in total. The maximum atomic E-state index is 11.1. The topological polar surface area (TPSA) is 63.5 Å². The molecule has 1 heterocycles. The average molecular weight is 274 g/mol. The third-order valence-electron chi connectivity index (χ3n) is 2.87. The molecule has 5 heteroatoms. The number of furan rings is 1. The Balaban J connectivity index is 2.15. The molecule has 106 valence electrons. The van der Waals surface area contributed by atoms with Crippen molar-refractivity contribution in [3.8, 4) is 5.75 Å². The predicted molar refractivity (Wildman–Crippen MR) is 78.0 cm³/mol. The van der Waals surface area contributed by atoms with Crippen molar-refractivity contribution in [3.63, 3.8) is 0 Å². The number of carbonyl (C=O) groups is 1. The Hall–Kier alpha value is -2.43. The SMILES string of the molecule is COc1cc(NC(C)c2ccco2)ccc1NC(C)=O. The monoisotopic (exact) mass is 274 g/mol. The van der Waals surface area contributed by atoms with Crippen molar-refractivity contribution in [2.45, 2.75) is 19.9 Å². The van der Waals surface area contributed by atoms with E-state index >= 15 is 0 Å². The van der Waals surface area contributed by atoms with Crippen LogP contribution in [0, 0.1) is 0 Å². The van der Waals surface area contributed by atoms with E-state index in [1.165, 1.54) is 6.92 Å². The Kier molecular flexibility index (Phi) is 4.30. The summed E-state index contributed by atoms with van der Waals surface area (Å²) in [6.45, 7) is 3.47. The molecular formula is C15H18N2O3. The summed E-state index contributed by atoms with van der Waals surface area (Å²) in [5, 5.41) is 6.04. The Morgan fingerprint density at radius 2 is 2.15 bits per heavy atom. The van der Waals surface area contributed by atoms with Gasteiger partial charge >= 0.3 is 0 Å². The number of amides is 1. The summed E-state index contributed by atoms with van der Waals surface area (Å²) in [6.07, 6.45) is 1.65. The van der Waals surface area contributed by atoms with E-state index < -0.39 is 0 Å². The molecule has 0 aliphatic carbocycles. The van der Waals surface area contributed by atoms with E-state index in [4.69, 9.17) is 9.15 Å². The van der Waals surface area contributed by atoms with Crippen molar-refractivity contribution >= 4 is 17.3 Å². The highest BCUT2D eigenvalue weighted by Crippen LogP contribution is 2.29. The smallest absolute Gasteiger partial charge is 0.221 e. The van der Waals surface area contributed by atoms with Crippen LogP contribution >= 0.6 is 0 Å². The number of carbonyl (C=O) groups excluding carboxylic acids is 1. The van der Waals surface area contributed by atoms with E-state index in [1.807, 2.05) is 31.2 Å². The van der Waals surface area contributed by atoms with Gasteiger partial charge in [-0.05, 0) is 31.2 Å². The Bertz CT molecular complexity index is 579. The fourth-order valence-electron chi connectivity index (χ4n) is 1.93. The van der Waals surface area contributed by atoms with E-state index in [0.29, 0.717) is 11.4 Å². The minimum Gasteiger partial charge on any atom is -0.494 e. The number of benzene rings is 1. The molecule has 0 aliphatic heterocycles. The van der Waals surface area contributed by atoms with Crippen LogP contribution in [-0.4, -0.2) is 13.0 Å². The summed E-state index contributed by atoms with van der Waals surface area (Å²) in [5.41, 5.74) is 1.54. The van der Waals surface area contributed by atoms with Gasteiger partial charge in [-0.1, -0.05) is 0 Å². The molecule has 1 aromatic heterocycles. The highest BCUT2D eigenvalue weighted by molar-refractivity contribution is 5.90. The molecule has 0 aliphatic rings. The number of nitrogens with one attached hydrogen (secondary N) is 2. The first-order valence-corrected chi connectivity index (χ1v) is 6.35. The summed E-state index contributed by atoms with van der Waals surface area (Å²) < 4.78 is 10.6. The molecule has 2 aromatic rings. The van der Waals surface area contributed by atoms with E-state index in [0.717, 1.165) is 11.4 Å². The summed E-state index contributed by atoms with van der Waals surface area (Å²) in [7, 11) is 1.57. The Morgan fingerprint density at radius 3 is 2.75 bits per heavy atom. The number of anilines is 2. The Labute approximate surface area is 117 Å². The number of methoxy groups -OCH3 is 1. The van der Waals surface area contributed by atoms with Gasteiger partial charge in [0.1, 0.15) is 11.5 Å². The number of hydrogen-bond acceptors (Lipinski definition) is 4. The van der Waals surface area contributed by atoms with E-state index in [2.05, 4.69) is 10.6 Å². The van der Waals surface area contributed by atoms with Crippen LogP contribution in [0.4, 0.5) is 11.4 Å². The van der Waals surface area contributed by atoms with Gasteiger partial charge in [-0.25, -0.2) is 0 Å².